The van der Waals surface area contributed by atoms with Gasteiger partial charge in [-0.2, -0.15) is 0 Å². The van der Waals surface area contributed by atoms with E-state index in [2.05, 4.69) is 48.7 Å². The number of nitrogens with one attached hydrogen (secondary N) is 2. The highest BCUT2D eigenvalue weighted by molar-refractivity contribution is 5.77. The summed E-state index contributed by atoms with van der Waals surface area (Å²) in [5, 5.41) is 6.35. The average Bonchev–Trinajstić information content (AvgIpc) is 3.09. The van der Waals surface area contributed by atoms with E-state index >= 15 is 0 Å². The molecule has 2 unspecified atom stereocenters. The Hall–Kier alpha value is -1.35. The lowest BCUT2D eigenvalue weighted by atomic mass is 10.1. The fraction of sp³-hybridized carbons (Fsp3) is 0.533. The monoisotopic (exact) mass is 246 g/mol. The summed E-state index contributed by atoms with van der Waals surface area (Å²) in [5.41, 5.74) is 1.34. The highest BCUT2D eigenvalue weighted by Gasteiger charge is 2.39. The van der Waals surface area contributed by atoms with E-state index in [4.69, 9.17) is 0 Å². The quantitative estimate of drug-likeness (QED) is 0.806. The van der Waals surface area contributed by atoms with Crippen molar-refractivity contribution in [2.75, 3.05) is 6.54 Å². The Morgan fingerprint density at radius 1 is 1.33 bits per heavy atom. The minimum atomic E-state index is 0.159. The van der Waals surface area contributed by atoms with Crippen molar-refractivity contribution in [1.82, 2.24) is 10.6 Å². The Labute approximate surface area is 109 Å². The molecule has 0 heterocycles. The molecule has 1 saturated carbocycles. The Balaban J connectivity index is 1.68. The van der Waals surface area contributed by atoms with Crippen molar-refractivity contribution >= 4 is 5.91 Å². The van der Waals surface area contributed by atoms with Crippen molar-refractivity contribution in [3.63, 3.8) is 0 Å². The first kappa shape index (κ1) is 13.1. The van der Waals surface area contributed by atoms with Crippen LogP contribution in [0.25, 0.3) is 0 Å². The van der Waals surface area contributed by atoms with Gasteiger partial charge in [0, 0.05) is 31.0 Å². The van der Waals surface area contributed by atoms with E-state index < -0.39 is 0 Å². The molecule has 0 radical (unpaired) electrons. The number of amides is 1. The molecule has 98 valence electrons. The summed E-state index contributed by atoms with van der Waals surface area (Å²) in [6.45, 7) is 4.93. The van der Waals surface area contributed by atoms with E-state index in [9.17, 15) is 4.79 Å². The van der Waals surface area contributed by atoms with Crippen molar-refractivity contribution < 1.29 is 4.79 Å². The van der Waals surface area contributed by atoms with Crippen LogP contribution in [0.3, 0.4) is 0 Å². The maximum absolute atomic E-state index is 11.7. The van der Waals surface area contributed by atoms with Gasteiger partial charge in [-0.3, -0.25) is 4.79 Å². The summed E-state index contributed by atoms with van der Waals surface area (Å²) in [6.07, 6.45) is 1.64. The van der Waals surface area contributed by atoms with Gasteiger partial charge in [0.05, 0.1) is 0 Å². The van der Waals surface area contributed by atoms with E-state index in [1.165, 1.54) is 5.56 Å². The second-order valence-corrected chi connectivity index (χ2v) is 5.29. The fourth-order valence-electron chi connectivity index (χ4n) is 2.18. The first-order valence-corrected chi connectivity index (χ1v) is 6.74. The Morgan fingerprint density at radius 2 is 2.06 bits per heavy atom. The second-order valence-electron chi connectivity index (χ2n) is 5.29. The number of carbonyl (C=O) groups excluding carboxylic acids is 1. The first-order valence-electron chi connectivity index (χ1n) is 6.74. The second kappa shape index (κ2) is 6.01. The summed E-state index contributed by atoms with van der Waals surface area (Å²) >= 11 is 0. The summed E-state index contributed by atoms with van der Waals surface area (Å²) in [7, 11) is 0. The van der Waals surface area contributed by atoms with Crippen LogP contribution in [-0.4, -0.2) is 24.5 Å². The van der Waals surface area contributed by atoms with Gasteiger partial charge in [-0.15, -0.1) is 0 Å². The number of hydrogen-bond donors (Lipinski definition) is 2. The lowest BCUT2D eigenvalue weighted by Crippen LogP contribution is -2.32. The number of hydrogen-bond acceptors (Lipinski definition) is 2. The van der Waals surface area contributed by atoms with Gasteiger partial charge in [0.2, 0.25) is 5.91 Å². The van der Waals surface area contributed by atoms with Crippen LogP contribution in [0.4, 0.5) is 0 Å². The molecule has 1 amide bonds. The van der Waals surface area contributed by atoms with E-state index in [-0.39, 0.29) is 5.91 Å². The minimum Gasteiger partial charge on any atom is -0.353 e. The van der Waals surface area contributed by atoms with Crippen LogP contribution in [0.5, 0.6) is 0 Å². The van der Waals surface area contributed by atoms with Crippen molar-refractivity contribution in [2.24, 2.45) is 0 Å². The molecule has 0 aliphatic heterocycles. The average molecular weight is 246 g/mol. The van der Waals surface area contributed by atoms with Crippen LogP contribution < -0.4 is 10.6 Å². The predicted octanol–water partition coefficient (Wildman–Crippen LogP) is 2.05. The lowest BCUT2D eigenvalue weighted by molar-refractivity contribution is -0.121. The molecule has 2 rings (SSSR count). The normalized spacial score (nSPS) is 21.9. The van der Waals surface area contributed by atoms with Crippen LogP contribution >= 0.6 is 0 Å². The van der Waals surface area contributed by atoms with Crippen LogP contribution in [0.15, 0.2) is 30.3 Å². The number of rotatable bonds is 6. The third-order valence-corrected chi connectivity index (χ3v) is 3.27. The number of benzene rings is 1. The van der Waals surface area contributed by atoms with E-state index in [0.717, 1.165) is 13.0 Å². The van der Waals surface area contributed by atoms with E-state index in [1.54, 1.807) is 0 Å². The summed E-state index contributed by atoms with van der Waals surface area (Å²) < 4.78 is 0. The molecule has 1 aromatic carbocycles. The molecule has 1 fully saturated rings. The maximum Gasteiger partial charge on any atom is 0.221 e. The zero-order chi connectivity index (χ0) is 13.0. The van der Waals surface area contributed by atoms with Gasteiger partial charge in [-0.1, -0.05) is 44.2 Å². The minimum absolute atomic E-state index is 0.159. The standard InChI is InChI=1S/C15H22N2O/c1-11(2)16-9-8-15(18)17-14-10-13(14)12-6-4-3-5-7-12/h3-7,11,13-14,16H,8-10H2,1-2H3,(H,17,18). The molecule has 3 heteroatoms. The van der Waals surface area contributed by atoms with Gasteiger partial charge >= 0.3 is 0 Å². The van der Waals surface area contributed by atoms with E-state index in [0.29, 0.717) is 24.4 Å². The summed E-state index contributed by atoms with van der Waals surface area (Å²) in [6, 6.07) is 11.2. The first-order chi connectivity index (χ1) is 8.66. The van der Waals surface area contributed by atoms with Crippen molar-refractivity contribution in [3.8, 4) is 0 Å². The molecule has 0 bridgehead atoms. The zero-order valence-electron chi connectivity index (χ0n) is 11.1. The Morgan fingerprint density at radius 3 is 2.72 bits per heavy atom. The van der Waals surface area contributed by atoms with Crippen LogP contribution in [0, 0.1) is 0 Å². The predicted molar refractivity (Wildman–Crippen MR) is 73.5 cm³/mol. The Bertz CT molecular complexity index is 389. The van der Waals surface area contributed by atoms with Gasteiger partial charge in [-0.05, 0) is 12.0 Å². The van der Waals surface area contributed by atoms with Crippen molar-refractivity contribution in [3.05, 3.63) is 35.9 Å². The van der Waals surface area contributed by atoms with Crippen LogP contribution in [-0.2, 0) is 4.79 Å². The molecule has 1 aromatic rings. The highest BCUT2D eigenvalue weighted by atomic mass is 16.1. The zero-order valence-corrected chi connectivity index (χ0v) is 11.1. The third kappa shape index (κ3) is 3.84. The molecular weight excluding hydrogens is 224 g/mol. The van der Waals surface area contributed by atoms with Gasteiger partial charge < -0.3 is 10.6 Å². The lowest BCUT2D eigenvalue weighted by Gasteiger charge is -2.08. The third-order valence-electron chi connectivity index (χ3n) is 3.27. The summed E-state index contributed by atoms with van der Waals surface area (Å²) in [5.74, 6) is 0.680. The van der Waals surface area contributed by atoms with Gasteiger partial charge in [0.15, 0.2) is 0 Å². The van der Waals surface area contributed by atoms with Crippen LogP contribution in [0.2, 0.25) is 0 Å². The van der Waals surface area contributed by atoms with Crippen molar-refractivity contribution in [1.29, 1.82) is 0 Å². The maximum atomic E-state index is 11.7. The molecule has 1 aliphatic carbocycles. The van der Waals surface area contributed by atoms with Crippen LogP contribution in [0.1, 0.15) is 38.2 Å². The molecule has 0 spiro atoms. The molecule has 0 saturated heterocycles. The molecule has 3 nitrogen and oxygen atoms in total. The van der Waals surface area contributed by atoms with Crippen molar-refractivity contribution in [2.45, 2.75) is 44.7 Å². The highest BCUT2D eigenvalue weighted by Crippen LogP contribution is 2.40. The molecule has 2 N–H and O–H groups in total. The molecular formula is C15H22N2O. The summed E-state index contributed by atoms with van der Waals surface area (Å²) in [4.78, 5) is 11.7. The largest absolute Gasteiger partial charge is 0.353 e. The molecule has 18 heavy (non-hydrogen) atoms. The smallest absolute Gasteiger partial charge is 0.221 e. The van der Waals surface area contributed by atoms with Gasteiger partial charge in [0.25, 0.3) is 0 Å². The molecule has 0 aromatic heterocycles. The molecule has 2 atom stereocenters. The number of carbonyl (C=O) groups is 1. The topological polar surface area (TPSA) is 41.1 Å². The van der Waals surface area contributed by atoms with E-state index in [1.807, 2.05) is 6.07 Å². The Kier molecular flexibility index (Phi) is 4.37. The fourth-order valence-corrected chi connectivity index (χ4v) is 2.18. The SMILES string of the molecule is CC(C)NCCC(=O)NC1CC1c1ccccc1. The van der Waals surface area contributed by atoms with Gasteiger partial charge in [-0.25, -0.2) is 0 Å². The van der Waals surface area contributed by atoms with Gasteiger partial charge in [0.1, 0.15) is 0 Å². The molecule has 1 aliphatic rings.